The van der Waals surface area contributed by atoms with Crippen LogP contribution in [0.1, 0.15) is 5.69 Å². The molecule has 3 nitrogen and oxygen atoms in total. The van der Waals surface area contributed by atoms with Crippen molar-refractivity contribution in [1.82, 2.24) is 9.78 Å². The van der Waals surface area contributed by atoms with Gasteiger partial charge in [0, 0.05) is 13.1 Å². The third-order valence-electron chi connectivity index (χ3n) is 1.78. The normalized spacial score (nSPS) is 13.2. The quantitative estimate of drug-likeness (QED) is 0.785. The van der Waals surface area contributed by atoms with E-state index in [-0.39, 0.29) is 5.82 Å². The van der Waals surface area contributed by atoms with Crippen LogP contribution in [0.2, 0.25) is 0 Å². The molecular weight excluding hydrogens is 221 g/mol. The van der Waals surface area contributed by atoms with E-state index >= 15 is 0 Å². The lowest BCUT2D eigenvalue weighted by molar-refractivity contribution is -0.281. The van der Waals surface area contributed by atoms with E-state index in [0.717, 1.165) is 10.7 Å². The second kappa shape index (κ2) is 3.35. The van der Waals surface area contributed by atoms with Crippen LogP contribution in [-0.4, -0.2) is 21.9 Å². The number of anilines is 1. The lowest BCUT2D eigenvalue weighted by Crippen LogP contribution is -2.38. The summed E-state index contributed by atoms with van der Waals surface area (Å²) in [5.41, 5.74) is 4.85. The van der Waals surface area contributed by atoms with E-state index in [1.54, 1.807) is 0 Å². The highest BCUT2D eigenvalue weighted by atomic mass is 19.4. The van der Waals surface area contributed by atoms with Crippen molar-refractivity contribution >= 4 is 5.82 Å². The van der Waals surface area contributed by atoms with Gasteiger partial charge in [-0.25, -0.2) is 0 Å². The first kappa shape index (κ1) is 11.7. The molecular formula is C7H8F5N3. The third kappa shape index (κ3) is 2.37. The van der Waals surface area contributed by atoms with Gasteiger partial charge in [-0.15, -0.1) is 0 Å². The molecule has 0 saturated heterocycles. The molecule has 1 heterocycles. The molecule has 8 heteroatoms. The Kier molecular flexibility index (Phi) is 2.62. The van der Waals surface area contributed by atoms with Gasteiger partial charge in [-0.1, -0.05) is 0 Å². The number of halogens is 5. The van der Waals surface area contributed by atoms with E-state index in [1.165, 1.54) is 7.05 Å². The van der Waals surface area contributed by atoms with Crippen LogP contribution in [0.25, 0.3) is 0 Å². The number of nitrogen functional groups attached to an aromatic ring is 1. The van der Waals surface area contributed by atoms with Crippen molar-refractivity contribution in [3.05, 3.63) is 11.8 Å². The van der Waals surface area contributed by atoms with Crippen LogP contribution < -0.4 is 5.73 Å². The van der Waals surface area contributed by atoms with E-state index in [0.29, 0.717) is 0 Å². The Morgan fingerprint density at radius 3 is 2.20 bits per heavy atom. The molecule has 2 N–H and O–H groups in total. The molecule has 1 aromatic rings. The number of rotatable bonds is 2. The number of hydrogen-bond acceptors (Lipinski definition) is 2. The van der Waals surface area contributed by atoms with Crippen molar-refractivity contribution in [2.75, 3.05) is 5.73 Å². The Morgan fingerprint density at radius 1 is 1.33 bits per heavy atom. The Morgan fingerprint density at radius 2 is 1.87 bits per heavy atom. The standard InChI is InChI=1S/C7H8F5N3/c1-15-5(13)2-4(14-15)3-6(8,9)7(10,11)12/h2H,3,13H2,1H3. The van der Waals surface area contributed by atoms with Gasteiger partial charge in [-0.05, 0) is 0 Å². The zero-order chi connectivity index (χ0) is 11.9. The Balaban J connectivity index is 2.86. The second-order valence-corrected chi connectivity index (χ2v) is 3.06. The summed E-state index contributed by atoms with van der Waals surface area (Å²) < 4.78 is 61.5. The smallest absolute Gasteiger partial charge is 0.384 e. The molecule has 0 amide bonds. The van der Waals surface area contributed by atoms with E-state index in [4.69, 9.17) is 5.73 Å². The molecule has 0 fully saturated rings. The Labute approximate surface area is 81.7 Å². The first-order valence-electron chi connectivity index (χ1n) is 3.86. The summed E-state index contributed by atoms with van der Waals surface area (Å²) in [6.45, 7) is 0. The molecule has 15 heavy (non-hydrogen) atoms. The highest BCUT2D eigenvalue weighted by Gasteiger charge is 2.57. The molecule has 0 radical (unpaired) electrons. The second-order valence-electron chi connectivity index (χ2n) is 3.06. The summed E-state index contributed by atoms with van der Waals surface area (Å²) >= 11 is 0. The topological polar surface area (TPSA) is 43.8 Å². The Hall–Kier alpha value is -1.34. The van der Waals surface area contributed by atoms with Crippen molar-refractivity contribution in [2.45, 2.75) is 18.5 Å². The van der Waals surface area contributed by atoms with E-state index in [9.17, 15) is 22.0 Å². The maximum atomic E-state index is 12.5. The molecule has 0 atom stereocenters. The van der Waals surface area contributed by atoms with Crippen molar-refractivity contribution in [1.29, 1.82) is 0 Å². The molecule has 0 saturated carbocycles. The van der Waals surface area contributed by atoms with Gasteiger partial charge in [0.1, 0.15) is 5.82 Å². The summed E-state index contributed by atoms with van der Waals surface area (Å²) in [4.78, 5) is 0. The monoisotopic (exact) mass is 229 g/mol. The van der Waals surface area contributed by atoms with Crippen LogP contribution in [0.15, 0.2) is 6.07 Å². The van der Waals surface area contributed by atoms with E-state index in [1.807, 2.05) is 0 Å². The fraction of sp³-hybridized carbons (Fsp3) is 0.571. The molecule has 86 valence electrons. The van der Waals surface area contributed by atoms with Gasteiger partial charge < -0.3 is 5.73 Å². The molecule has 0 aromatic carbocycles. The van der Waals surface area contributed by atoms with Crippen molar-refractivity contribution in [2.24, 2.45) is 7.05 Å². The third-order valence-corrected chi connectivity index (χ3v) is 1.78. The molecule has 0 aliphatic rings. The van der Waals surface area contributed by atoms with Crippen LogP contribution >= 0.6 is 0 Å². The molecule has 0 spiro atoms. The number of hydrogen-bond donors (Lipinski definition) is 1. The van der Waals surface area contributed by atoms with Gasteiger partial charge in [0.15, 0.2) is 0 Å². The minimum atomic E-state index is -5.57. The maximum Gasteiger partial charge on any atom is 0.453 e. The predicted octanol–water partition coefficient (Wildman–Crippen LogP) is 1.74. The van der Waals surface area contributed by atoms with Crippen LogP contribution in [-0.2, 0) is 13.5 Å². The van der Waals surface area contributed by atoms with Crippen LogP contribution in [0, 0.1) is 0 Å². The van der Waals surface area contributed by atoms with Gasteiger partial charge in [-0.3, -0.25) is 4.68 Å². The number of aryl methyl sites for hydroxylation is 1. The summed E-state index contributed by atoms with van der Waals surface area (Å²) in [5, 5.41) is 3.42. The molecule has 0 unspecified atom stereocenters. The molecule has 0 bridgehead atoms. The number of aromatic nitrogens is 2. The largest absolute Gasteiger partial charge is 0.453 e. The predicted molar refractivity (Wildman–Crippen MR) is 42.3 cm³/mol. The zero-order valence-electron chi connectivity index (χ0n) is 7.65. The minimum absolute atomic E-state index is 0.0305. The lowest BCUT2D eigenvalue weighted by Gasteiger charge is -2.17. The van der Waals surface area contributed by atoms with Gasteiger partial charge in [0.25, 0.3) is 0 Å². The average Bonchev–Trinajstić information content (AvgIpc) is 2.27. The minimum Gasteiger partial charge on any atom is -0.384 e. The zero-order valence-corrected chi connectivity index (χ0v) is 7.65. The highest BCUT2D eigenvalue weighted by Crippen LogP contribution is 2.37. The SMILES string of the molecule is Cn1nc(CC(F)(F)C(F)(F)F)cc1N. The van der Waals surface area contributed by atoms with Gasteiger partial charge in [0.2, 0.25) is 0 Å². The summed E-state index contributed by atoms with van der Waals surface area (Å²) in [6.07, 6.45) is -7.07. The number of alkyl halides is 5. The lowest BCUT2D eigenvalue weighted by atomic mass is 10.2. The average molecular weight is 229 g/mol. The van der Waals surface area contributed by atoms with Crippen LogP contribution in [0.3, 0.4) is 0 Å². The summed E-state index contributed by atoms with van der Waals surface area (Å²) in [5.74, 6) is -4.75. The van der Waals surface area contributed by atoms with Crippen LogP contribution in [0.4, 0.5) is 27.8 Å². The van der Waals surface area contributed by atoms with Crippen molar-refractivity contribution in [3.8, 4) is 0 Å². The first-order valence-corrected chi connectivity index (χ1v) is 3.86. The van der Waals surface area contributed by atoms with Gasteiger partial charge in [0.05, 0.1) is 12.1 Å². The maximum absolute atomic E-state index is 12.5. The Bertz CT molecular complexity index is 334. The van der Waals surface area contributed by atoms with Gasteiger partial charge >= 0.3 is 12.1 Å². The highest BCUT2D eigenvalue weighted by molar-refractivity contribution is 5.30. The molecule has 0 aliphatic carbocycles. The van der Waals surface area contributed by atoms with Crippen molar-refractivity contribution in [3.63, 3.8) is 0 Å². The first-order chi connectivity index (χ1) is 6.63. The molecule has 1 rings (SSSR count). The molecule has 1 aromatic heterocycles. The summed E-state index contributed by atoms with van der Waals surface area (Å²) in [7, 11) is 1.35. The van der Waals surface area contributed by atoms with Crippen molar-refractivity contribution < 1.29 is 22.0 Å². The van der Waals surface area contributed by atoms with Gasteiger partial charge in [-0.2, -0.15) is 27.1 Å². The fourth-order valence-corrected chi connectivity index (χ4v) is 0.957. The number of nitrogens with zero attached hydrogens (tertiary/aromatic N) is 2. The fourth-order valence-electron chi connectivity index (χ4n) is 0.957. The summed E-state index contributed by atoms with van der Waals surface area (Å²) in [6, 6.07) is 0.986. The molecule has 0 aliphatic heterocycles. The van der Waals surface area contributed by atoms with E-state index in [2.05, 4.69) is 5.10 Å². The van der Waals surface area contributed by atoms with Crippen LogP contribution in [0.5, 0.6) is 0 Å². The van der Waals surface area contributed by atoms with E-state index < -0.39 is 24.2 Å². The number of nitrogens with two attached hydrogens (primary N) is 1.